The van der Waals surface area contributed by atoms with Crippen molar-refractivity contribution in [2.75, 3.05) is 40.1 Å². The molecule has 119 valence electrons. The van der Waals surface area contributed by atoms with E-state index in [4.69, 9.17) is 24.1 Å². The van der Waals surface area contributed by atoms with E-state index in [9.17, 15) is 4.79 Å². The topological polar surface area (TPSA) is 100 Å². The van der Waals surface area contributed by atoms with Crippen molar-refractivity contribution in [1.29, 1.82) is 0 Å². The molecule has 0 aliphatic heterocycles. The van der Waals surface area contributed by atoms with Crippen LogP contribution in [0.2, 0.25) is 0 Å². The van der Waals surface area contributed by atoms with Crippen LogP contribution in [-0.2, 0) is 23.7 Å². The molecule has 8 nitrogen and oxygen atoms in total. The van der Waals surface area contributed by atoms with E-state index < -0.39 is 18.0 Å². The zero-order valence-electron chi connectivity index (χ0n) is 12.5. The molecule has 0 aromatic heterocycles. The third kappa shape index (κ3) is 7.73. The molecule has 20 heavy (non-hydrogen) atoms. The van der Waals surface area contributed by atoms with Gasteiger partial charge in [0.05, 0.1) is 13.2 Å². The molecule has 0 rings (SSSR count). The van der Waals surface area contributed by atoms with Crippen molar-refractivity contribution in [2.24, 2.45) is 0 Å². The molecule has 1 radical (unpaired) electrons. The van der Waals surface area contributed by atoms with Crippen LogP contribution in [0.15, 0.2) is 0 Å². The summed E-state index contributed by atoms with van der Waals surface area (Å²) < 4.78 is 21.4. The maximum absolute atomic E-state index is 10.7. The van der Waals surface area contributed by atoms with Gasteiger partial charge in [0, 0.05) is 20.3 Å². The molecule has 2 N–H and O–H groups in total. The second-order valence-electron chi connectivity index (χ2n) is 3.90. The van der Waals surface area contributed by atoms with Crippen molar-refractivity contribution in [3.8, 4) is 0 Å². The van der Waals surface area contributed by atoms with Crippen LogP contribution >= 0.6 is 0 Å². The lowest BCUT2D eigenvalue weighted by atomic mass is 10.4. The van der Waals surface area contributed by atoms with Gasteiger partial charge in [-0.3, -0.25) is 4.79 Å². The first kappa shape index (κ1) is 19.2. The summed E-state index contributed by atoms with van der Waals surface area (Å²) in [6.45, 7) is 6.52. The Balaban J connectivity index is 4.43. The van der Waals surface area contributed by atoms with Gasteiger partial charge in [-0.25, -0.2) is 5.43 Å². The van der Waals surface area contributed by atoms with Gasteiger partial charge in [-0.2, -0.15) is 5.43 Å². The Labute approximate surface area is 119 Å². The average molecular weight is 293 g/mol. The number of nitrogens with one attached hydrogen (secondary N) is 1. The molecular weight excluding hydrogens is 268 g/mol. The van der Waals surface area contributed by atoms with Crippen LogP contribution in [0.4, 0.5) is 0 Å². The summed E-state index contributed by atoms with van der Waals surface area (Å²) in [5.74, 6) is -2.32. The van der Waals surface area contributed by atoms with Crippen LogP contribution in [0, 0.1) is 0 Å². The number of rotatable bonds is 13. The highest BCUT2D eigenvalue weighted by Crippen LogP contribution is 2.15. The number of ether oxygens (including phenoxy) is 4. The van der Waals surface area contributed by atoms with Crippen LogP contribution in [0.5, 0.6) is 0 Å². The maximum Gasteiger partial charge on any atom is 0.321 e. The summed E-state index contributed by atoms with van der Waals surface area (Å²) in [6, 6.07) is -0.796. The molecule has 0 aliphatic carbocycles. The Morgan fingerprint density at radius 2 is 1.85 bits per heavy atom. The Hall–Kier alpha value is -0.770. The molecule has 0 fully saturated rings. The van der Waals surface area contributed by atoms with Crippen LogP contribution < -0.4 is 10.9 Å². The van der Waals surface area contributed by atoms with Gasteiger partial charge in [-0.15, -0.1) is 0 Å². The number of aliphatic carboxylic acids is 1. The van der Waals surface area contributed by atoms with Gasteiger partial charge in [0.15, 0.2) is 0 Å². The molecule has 0 spiro atoms. The third-order valence-electron chi connectivity index (χ3n) is 2.27. The van der Waals surface area contributed by atoms with Crippen LogP contribution in [0.25, 0.3) is 0 Å². The average Bonchev–Trinajstić information content (AvgIpc) is 2.39. The molecule has 8 heteroatoms. The van der Waals surface area contributed by atoms with E-state index in [1.54, 1.807) is 21.0 Å². The predicted molar refractivity (Wildman–Crippen MR) is 71.0 cm³/mol. The minimum atomic E-state index is -1.33. The fourth-order valence-electron chi connectivity index (χ4n) is 1.32. The van der Waals surface area contributed by atoms with Gasteiger partial charge in [0.25, 0.3) is 5.97 Å². The number of carbonyl (C=O) groups is 1. The SMILES string of the molecule is CCOC(C[N]N[C@@H](C)C(=O)O)(OCC)OCCOC. The predicted octanol–water partition coefficient (Wildman–Crippen LogP) is -0.0417. The van der Waals surface area contributed by atoms with Gasteiger partial charge < -0.3 is 24.1 Å². The molecule has 0 unspecified atom stereocenters. The van der Waals surface area contributed by atoms with Crippen molar-refractivity contribution >= 4 is 5.97 Å². The highest BCUT2D eigenvalue weighted by molar-refractivity contribution is 5.72. The first-order valence-electron chi connectivity index (χ1n) is 6.57. The highest BCUT2D eigenvalue weighted by Gasteiger charge is 2.33. The molecular formula is C12H25N2O6. The molecule has 0 aliphatic rings. The minimum absolute atomic E-state index is 0.00993. The summed E-state index contributed by atoms with van der Waals surface area (Å²) in [4.78, 5) is 10.7. The first-order chi connectivity index (χ1) is 9.51. The molecule has 0 heterocycles. The van der Waals surface area contributed by atoms with Gasteiger partial charge in [-0.05, 0) is 20.8 Å². The zero-order valence-corrected chi connectivity index (χ0v) is 12.5. The fourth-order valence-corrected chi connectivity index (χ4v) is 1.32. The lowest BCUT2D eigenvalue weighted by molar-refractivity contribution is -0.376. The van der Waals surface area contributed by atoms with E-state index >= 15 is 0 Å². The van der Waals surface area contributed by atoms with E-state index in [0.717, 1.165) is 0 Å². The number of methoxy groups -OCH3 is 1. The summed E-state index contributed by atoms with van der Waals surface area (Å²) in [5.41, 5.74) is 6.43. The number of hydrogen-bond acceptors (Lipinski definition) is 6. The lowest BCUT2D eigenvalue weighted by Crippen LogP contribution is -2.51. The Bertz CT molecular complexity index is 258. The smallest absolute Gasteiger partial charge is 0.321 e. The van der Waals surface area contributed by atoms with Crippen molar-refractivity contribution in [3.05, 3.63) is 0 Å². The van der Waals surface area contributed by atoms with Crippen molar-refractivity contribution < 1.29 is 28.8 Å². The normalized spacial score (nSPS) is 13.4. The largest absolute Gasteiger partial charge is 0.480 e. The molecule has 0 saturated carbocycles. The van der Waals surface area contributed by atoms with E-state index in [0.29, 0.717) is 19.8 Å². The van der Waals surface area contributed by atoms with Gasteiger partial charge in [0.1, 0.15) is 12.6 Å². The van der Waals surface area contributed by atoms with Crippen LogP contribution in [-0.4, -0.2) is 63.2 Å². The van der Waals surface area contributed by atoms with Crippen molar-refractivity contribution in [3.63, 3.8) is 0 Å². The Morgan fingerprint density at radius 3 is 2.30 bits per heavy atom. The summed E-state index contributed by atoms with van der Waals surface area (Å²) >= 11 is 0. The minimum Gasteiger partial charge on any atom is -0.480 e. The second-order valence-corrected chi connectivity index (χ2v) is 3.90. The molecule has 0 aromatic carbocycles. The van der Waals surface area contributed by atoms with E-state index in [2.05, 4.69) is 10.9 Å². The number of nitrogens with zero attached hydrogens (tertiary/aromatic N) is 1. The Morgan fingerprint density at radius 1 is 1.25 bits per heavy atom. The van der Waals surface area contributed by atoms with Crippen LogP contribution in [0.1, 0.15) is 20.8 Å². The summed E-state index contributed by atoms with van der Waals surface area (Å²) in [5, 5.41) is 8.76. The quantitative estimate of drug-likeness (QED) is 0.279. The van der Waals surface area contributed by atoms with Crippen LogP contribution in [0.3, 0.4) is 0 Å². The summed E-state index contributed by atoms with van der Waals surface area (Å²) in [7, 11) is 1.56. The van der Waals surface area contributed by atoms with Gasteiger partial charge in [-0.1, -0.05) is 0 Å². The molecule has 1 atom stereocenters. The van der Waals surface area contributed by atoms with E-state index in [1.165, 1.54) is 6.92 Å². The van der Waals surface area contributed by atoms with Crippen molar-refractivity contribution in [1.82, 2.24) is 10.9 Å². The molecule has 0 amide bonds. The highest BCUT2D eigenvalue weighted by atomic mass is 16.9. The van der Waals surface area contributed by atoms with Crippen molar-refractivity contribution in [2.45, 2.75) is 32.8 Å². The van der Waals surface area contributed by atoms with E-state index in [-0.39, 0.29) is 13.2 Å². The Kier molecular flexibility index (Phi) is 10.5. The van der Waals surface area contributed by atoms with Gasteiger partial charge in [0.2, 0.25) is 0 Å². The maximum atomic E-state index is 10.7. The van der Waals surface area contributed by atoms with Gasteiger partial charge >= 0.3 is 5.97 Å². The number of carboxylic acid groups (broad SMARTS) is 1. The molecule has 0 bridgehead atoms. The zero-order chi connectivity index (χ0) is 15.4. The second kappa shape index (κ2) is 11.0. The monoisotopic (exact) mass is 293 g/mol. The first-order valence-corrected chi connectivity index (χ1v) is 6.57. The lowest BCUT2D eigenvalue weighted by Gasteiger charge is -2.32. The standard InChI is InChI=1S/C12H25N2O6/c1-5-18-12(19-6-2,20-8-7-17-4)9-13-14-10(3)11(15)16/h10,14H,5-9H2,1-4H3,(H,15,16)/t10-/m0/s1. The number of hydrogen-bond donors (Lipinski definition) is 2. The summed E-state index contributed by atoms with van der Waals surface area (Å²) in [6.07, 6.45) is 0. The third-order valence-corrected chi connectivity index (χ3v) is 2.27. The molecule has 0 saturated heterocycles. The number of carboxylic acids is 1. The van der Waals surface area contributed by atoms with E-state index in [1.807, 2.05) is 0 Å². The molecule has 0 aromatic rings. The fraction of sp³-hybridized carbons (Fsp3) is 0.917.